The van der Waals surface area contributed by atoms with Crippen LogP contribution in [0.2, 0.25) is 0 Å². The lowest BCUT2D eigenvalue weighted by atomic mass is 9.79. The molecule has 4 aromatic carbocycles. The smallest absolute Gasteiger partial charge is 0.256 e. The topological polar surface area (TPSA) is 119 Å². The number of carbonyl (C=O) groups excluding carboxylic acids is 3. The first kappa shape index (κ1) is 40.0. The van der Waals surface area contributed by atoms with Gasteiger partial charge in [-0.25, -0.2) is 0 Å². The number of rotatable bonds is 9. The Hall–Kier alpha value is -6.67. The molecule has 0 fully saturated rings. The molecule has 9 rings (SSSR count). The lowest BCUT2D eigenvalue weighted by molar-refractivity contribution is -0.137. The van der Waals surface area contributed by atoms with Gasteiger partial charge >= 0.3 is 0 Å². The molecule has 2 unspecified atom stereocenters. The molecule has 0 radical (unpaired) electrons. The van der Waals surface area contributed by atoms with Gasteiger partial charge in [0.25, 0.3) is 5.91 Å². The van der Waals surface area contributed by atoms with E-state index in [1.54, 1.807) is 51.5 Å². The molecule has 2 bridgehead atoms. The third-order valence-corrected chi connectivity index (χ3v) is 10.5. The zero-order chi connectivity index (χ0) is 40.7. The molecule has 2 amide bonds. The van der Waals surface area contributed by atoms with Crippen LogP contribution in [-0.4, -0.2) is 92.4 Å². The van der Waals surface area contributed by atoms with Crippen LogP contribution < -0.4 is 18.9 Å². The molecule has 4 aliphatic heterocycles. The standard InChI is InChI=1S/C23H22N2O3.C14H18N2O3.C9H6O/c1-14-20-11-19-18-7-5-4-6-15(18)12-23(19,24-14)22(26)25(20)13-16-8-9-17(27-2)10-21(16)28-3;1-10-8-16(14(17)7-15-10)9-11-4-5-12(18-2)6-13(11)19-3;1-2-8-5-3-4-6-9(8)7-10/h4-11,20H,12-13H2,1-3H3;4-6H,7-9H2,1-3H3;1,3-7H. The fraction of sp³-hybridized carbons (Fsp3) is 0.283. The average molecular weight is 767 g/mol. The number of benzene rings is 4. The summed E-state index contributed by atoms with van der Waals surface area (Å²) >= 11 is 0. The van der Waals surface area contributed by atoms with E-state index in [1.807, 2.05) is 73.3 Å². The van der Waals surface area contributed by atoms with Gasteiger partial charge in [-0.05, 0) is 67.0 Å². The lowest BCUT2D eigenvalue weighted by Crippen LogP contribution is -2.61. The molecule has 0 saturated heterocycles. The van der Waals surface area contributed by atoms with Crippen molar-refractivity contribution < 1.29 is 33.3 Å². The van der Waals surface area contributed by atoms with Gasteiger partial charge in [-0.2, -0.15) is 0 Å². The number of ether oxygens (including phenoxy) is 4. The molecule has 1 aliphatic carbocycles. The number of dihydropyridines is 1. The molecular weight excluding hydrogens is 721 g/mol. The molecule has 0 saturated carbocycles. The highest BCUT2D eigenvalue weighted by Gasteiger charge is 2.57. The van der Waals surface area contributed by atoms with Gasteiger partial charge in [-0.15, -0.1) is 6.42 Å². The van der Waals surface area contributed by atoms with E-state index in [0.29, 0.717) is 37.2 Å². The van der Waals surface area contributed by atoms with Crippen LogP contribution in [0.1, 0.15) is 52.0 Å². The summed E-state index contributed by atoms with van der Waals surface area (Å²) in [4.78, 5) is 48.5. The molecule has 292 valence electrons. The summed E-state index contributed by atoms with van der Waals surface area (Å²) in [5.74, 6) is 5.46. The van der Waals surface area contributed by atoms with Gasteiger partial charge in [0.15, 0.2) is 11.8 Å². The van der Waals surface area contributed by atoms with Crippen LogP contribution in [0, 0.1) is 12.3 Å². The summed E-state index contributed by atoms with van der Waals surface area (Å²) in [5.41, 5.74) is 7.74. The van der Waals surface area contributed by atoms with Gasteiger partial charge in [0, 0.05) is 58.8 Å². The van der Waals surface area contributed by atoms with Gasteiger partial charge < -0.3 is 28.7 Å². The largest absolute Gasteiger partial charge is 0.497 e. The predicted molar refractivity (Wildman–Crippen MR) is 221 cm³/mol. The first-order valence-corrected chi connectivity index (χ1v) is 18.5. The Bertz CT molecular complexity index is 2320. The molecule has 4 heterocycles. The first-order valence-electron chi connectivity index (χ1n) is 18.5. The number of aldehydes is 1. The Balaban J connectivity index is 0.000000163. The van der Waals surface area contributed by atoms with Crippen molar-refractivity contribution in [3.05, 3.63) is 124 Å². The average Bonchev–Trinajstić information content (AvgIpc) is 3.58. The van der Waals surface area contributed by atoms with Crippen molar-refractivity contribution in [3.63, 3.8) is 0 Å². The number of aliphatic imine (C=N–C) groups is 2. The Kier molecular flexibility index (Phi) is 12.2. The van der Waals surface area contributed by atoms with E-state index in [0.717, 1.165) is 57.4 Å². The molecule has 5 aliphatic rings. The molecule has 1 spiro atoms. The minimum absolute atomic E-state index is 0.0449. The summed E-state index contributed by atoms with van der Waals surface area (Å²) in [6.07, 6.45) is 8.74. The van der Waals surface area contributed by atoms with E-state index in [1.165, 1.54) is 11.1 Å². The zero-order valence-corrected chi connectivity index (χ0v) is 33.1. The van der Waals surface area contributed by atoms with Crippen molar-refractivity contribution >= 4 is 35.1 Å². The van der Waals surface area contributed by atoms with Crippen molar-refractivity contribution in [2.45, 2.75) is 44.9 Å². The maximum absolute atomic E-state index is 13.6. The van der Waals surface area contributed by atoms with Gasteiger partial charge in [-0.1, -0.05) is 48.4 Å². The molecule has 0 N–H and O–H groups in total. The van der Waals surface area contributed by atoms with Crippen LogP contribution in [-0.2, 0) is 29.1 Å². The molecule has 57 heavy (non-hydrogen) atoms. The van der Waals surface area contributed by atoms with Crippen molar-refractivity contribution in [3.8, 4) is 35.3 Å². The molecule has 2 atom stereocenters. The number of hydrogen-bond donors (Lipinski definition) is 0. The number of amides is 2. The second-order valence-corrected chi connectivity index (χ2v) is 13.9. The van der Waals surface area contributed by atoms with Crippen LogP contribution in [0.25, 0.3) is 5.57 Å². The van der Waals surface area contributed by atoms with Crippen molar-refractivity contribution in [2.24, 2.45) is 9.98 Å². The van der Waals surface area contributed by atoms with Gasteiger partial charge in [0.05, 0.1) is 47.6 Å². The van der Waals surface area contributed by atoms with Gasteiger partial charge in [0.2, 0.25) is 5.91 Å². The third kappa shape index (κ3) is 8.17. The molecule has 0 aromatic heterocycles. The highest BCUT2D eigenvalue weighted by molar-refractivity contribution is 6.15. The van der Waals surface area contributed by atoms with E-state index < -0.39 is 5.54 Å². The first-order chi connectivity index (χ1) is 27.6. The van der Waals surface area contributed by atoms with Crippen LogP contribution in [0.15, 0.2) is 101 Å². The van der Waals surface area contributed by atoms with Crippen LogP contribution >= 0.6 is 0 Å². The molecular formula is C46H46N4O7. The summed E-state index contributed by atoms with van der Waals surface area (Å²) in [5, 5.41) is 0. The maximum atomic E-state index is 13.6. The zero-order valence-electron chi connectivity index (χ0n) is 33.1. The van der Waals surface area contributed by atoms with Crippen LogP contribution in [0.5, 0.6) is 23.0 Å². The number of methoxy groups -OCH3 is 4. The second-order valence-electron chi connectivity index (χ2n) is 13.9. The summed E-state index contributed by atoms with van der Waals surface area (Å²) in [6, 6.07) is 26.5. The van der Waals surface area contributed by atoms with Gasteiger partial charge in [-0.3, -0.25) is 24.4 Å². The normalized spacial score (nSPS) is 18.5. The lowest BCUT2D eigenvalue weighted by Gasteiger charge is -2.46. The highest BCUT2D eigenvalue weighted by atomic mass is 16.5. The summed E-state index contributed by atoms with van der Waals surface area (Å²) in [6.45, 7) is 5.78. The Morgan fingerprint density at radius 3 is 2.09 bits per heavy atom. The highest BCUT2D eigenvalue weighted by Crippen LogP contribution is 2.50. The summed E-state index contributed by atoms with van der Waals surface area (Å²) in [7, 11) is 6.50. The Morgan fingerprint density at radius 1 is 0.842 bits per heavy atom. The third-order valence-electron chi connectivity index (χ3n) is 10.5. The second kappa shape index (κ2) is 17.4. The maximum Gasteiger partial charge on any atom is 0.256 e. The number of fused-ring (bicyclic) bond motifs is 2. The van der Waals surface area contributed by atoms with E-state index in [9.17, 15) is 14.4 Å². The number of carbonyl (C=O) groups is 3. The van der Waals surface area contributed by atoms with E-state index in [-0.39, 0.29) is 24.4 Å². The fourth-order valence-corrected chi connectivity index (χ4v) is 7.54. The monoisotopic (exact) mass is 766 g/mol. The van der Waals surface area contributed by atoms with E-state index in [2.05, 4.69) is 29.1 Å². The summed E-state index contributed by atoms with van der Waals surface area (Å²) < 4.78 is 21.3. The van der Waals surface area contributed by atoms with Gasteiger partial charge in [0.1, 0.15) is 29.5 Å². The van der Waals surface area contributed by atoms with Crippen molar-refractivity contribution in [2.75, 3.05) is 41.5 Å². The number of terminal acetylenes is 1. The van der Waals surface area contributed by atoms with E-state index >= 15 is 0 Å². The quantitative estimate of drug-likeness (QED) is 0.146. The minimum atomic E-state index is -0.803. The minimum Gasteiger partial charge on any atom is -0.497 e. The number of nitrogens with zero attached hydrogens (tertiary/aromatic N) is 4. The van der Waals surface area contributed by atoms with Crippen LogP contribution in [0.3, 0.4) is 0 Å². The van der Waals surface area contributed by atoms with Crippen molar-refractivity contribution in [1.82, 2.24) is 9.80 Å². The SMILES string of the molecule is C#Cc1ccccc1C=O.COc1ccc(CN2C(=O)C34Cc5ccccc5C3=CC2C(C)=N4)c(OC)c1.COc1ccc(CN2CC(C)=NCC2=O)c(OC)c1. The molecule has 4 aromatic rings. The van der Waals surface area contributed by atoms with Crippen LogP contribution in [0.4, 0.5) is 0 Å². The molecule has 11 nitrogen and oxygen atoms in total. The van der Waals surface area contributed by atoms with E-state index in [4.69, 9.17) is 30.4 Å². The predicted octanol–water partition coefficient (Wildman–Crippen LogP) is 6.25. The Morgan fingerprint density at radius 2 is 1.47 bits per heavy atom. The molecule has 11 heteroatoms. The number of hydrogen-bond acceptors (Lipinski definition) is 9. The Labute approximate surface area is 333 Å². The van der Waals surface area contributed by atoms with Crippen molar-refractivity contribution in [1.29, 1.82) is 0 Å². The fourth-order valence-electron chi connectivity index (χ4n) is 7.54.